The van der Waals surface area contributed by atoms with Crippen molar-refractivity contribution >= 4 is 40.7 Å². The number of hydrogen-bond acceptors (Lipinski definition) is 2. The van der Waals surface area contributed by atoms with Crippen LogP contribution in [-0.4, -0.2) is 28.4 Å². The summed E-state index contributed by atoms with van der Waals surface area (Å²) in [5, 5.41) is 9.65. The molecule has 0 spiro atoms. The molecule has 1 aromatic rings. The van der Waals surface area contributed by atoms with Gasteiger partial charge in [0.1, 0.15) is 6.54 Å². The van der Waals surface area contributed by atoms with Crippen LogP contribution in [0.25, 0.3) is 5.57 Å². The number of carboxylic acids is 1. The van der Waals surface area contributed by atoms with Crippen molar-refractivity contribution in [3.63, 3.8) is 0 Å². The van der Waals surface area contributed by atoms with Gasteiger partial charge in [0.2, 0.25) is 5.91 Å². The number of carboxylic acid groups (broad SMARTS) is 1. The van der Waals surface area contributed by atoms with E-state index in [2.05, 4.69) is 0 Å². The number of carbonyl (C=O) groups excluding carboxylic acids is 1. The molecule has 1 aromatic carbocycles. The zero-order valence-corrected chi connectivity index (χ0v) is 11.4. The van der Waals surface area contributed by atoms with Crippen molar-refractivity contribution in [2.24, 2.45) is 0 Å². The maximum atomic E-state index is 11.6. The van der Waals surface area contributed by atoms with E-state index < -0.39 is 5.97 Å². The number of nitrogens with zero attached hydrogens (tertiary/aromatic N) is 1. The fourth-order valence-corrected chi connectivity index (χ4v) is 2.20. The lowest BCUT2D eigenvalue weighted by Gasteiger charge is -2.23. The van der Waals surface area contributed by atoms with Gasteiger partial charge in [-0.2, -0.15) is 0 Å². The molecule has 0 aromatic heterocycles. The van der Waals surface area contributed by atoms with Gasteiger partial charge >= 0.3 is 5.97 Å². The van der Waals surface area contributed by atoms with Crippen LogP contribution in [0.15, 0.2) is 24.4 Å². The molecule has 100 valence electrons. The SMILES string of the molecule is O=C(O)CN1C=C(c2ccc(Cl)c(Cl)c2)CCC1=O. The summed E-state index contributed by atoms with van der Waals surface area (Å²) in [5.74, 6) is -1.23. The molecule has 0 saturated carbocycles. The summed E-state index contributed by atoms with van der Waals surface area (Å²) in [7, 11) is 0. The summed E-state index contributed by atoms with van der Waals surface area (Å²) in [6.45, 7) is -0.330. The second-order valence-corrected chi connectivity index (χ2v) is 5.01. The van der Waals surface area contributed by atoms with E-state index in [4.69, 9.17) is 28.3 Å². The summed E-state index contributed by atoms with van der Waals surface area (Å²) in [6, 6.07) is 5.19. The molecule has 0 fully saturated rings. The summed E-state index contributed by atoms with van der Waals surface area (Å²) in [5.41, 5.74) is 1.72. The number of aliphatic carboxylic acids is 1. The molecule has 0 aliphatic carbocycles. The van der Waals surface area contributed by atoms with Crippen molar-refractivity contribution in [1.82, 2.24) is 4.90 Å². The first kappa shape index (κ1) is 13.9. The van der Waals surface area contributed by atoms with E-state index in [1.165, 1.54) is 4.90 Å². The molecule has 0 saturated heterocycles. The van der Waals surface area contributed by atoms with Gasteiger partial charge in [-0.15, -0.1) is 0 Å². The standard InChI is InChI=1S/C13H11Cl2NO3/c14-10-3-1-8(5-11(10)15)9-2-4-12(17)16(6-9)7-13(18)19/h1,3,5-6H,2,4,7H2,(H,18,19). The predicted molar refractivity (Wildman–Crippen MR) is 73.0 cm³/mol. The number of halogens is 2. The van der Waals surface area contributed by atoms with E-state index >= 15 is 0 Å². The molecule has 1 aliphatic heterocycles. The Labute approximate surface area is 120 Å². The van der Waals surface area contributed by atoms with Crippen molar-refractivity contribution in [2.75, 3.05) is 6.54 Å². The molecule has 6 heteroatoms. The van der Waals surface area contributed by atoms with Crippen LogP contribution in [0.2, 0.25) is 10.0 Å². The van der Waals surface area contributed by atoms with Gasteiger partial charge in [-0.1, -0.05) is 29.3 Å². The summed E-state index contributed by atoms with van der Waals surface area (Å²) in [6.07, 6.45) is 2.42. The average molecular weight is 300 g/mol. The number of amides is 1. The van der Waals surface area contributed by atoms with E-state index in [9.17, 15) is 9.59 Å². The van der Waals surface area contributed by atoms with Crippen LogP contribution in [0.3, 0.4) is 0 Å². The van der Waals surface area contributed by atoms with Crippen molar-refractivity contribution < 1.29 is 14.7 Å². The molecule has 1 N–H and O–H groups in total. The first-order valence-corrected chi connectivity index (χ1v) is 6.40. The molecular formula is C13H11Cl2NO3. The first-order valence-electron chi connectivity index (χ1n) is 5.65. The number of carbonyl (C=O) groups is 2. The lowest BCUT2D eigenvalue weighted by atomic mass is 9.99. The molecule has 0 atom stereocenters. The van der Waals surface area contributed by atoms with Gasteiger partial charge in [-0.3, -0.25) is 9.59 Å². The molecule has 1 heterocycles. The Morgan fingerprint density at radius 2 is 2.00 bits per heavy atom. The maximum absolute atomic E-state index is 11.6. The minimum Gasteiger partial charge on any atom is -0.480 e. The first-order chi connectivity index (χ1) is 8.97. The summed E-state index contributed by atoms with van der Waals surface area (Å²) < 4.78 is 0. The van der Waals surface area contributed by atoms with Gasteiger partial charge in [-0.05, 0) is 29.7 Å². The molecule has 0 unspecified atom stereocenters. The van der Waals surface area contributed by atoms with Gasteiger partial charge in [-0.25, -0.2) is 0 Å². The Bertz CT molecular complexity index is 569. The fraction of sp³-hybridized carbons (Fsp3) is 0.231. The van der Waals surface area contributed by atoms with Gasteiger partial charge in [0, 0.05) is 12.6 Å². The highest BCUT2D eigenvalue weighted by Crippen LogP contribution is 2.30. The maximum Gasteiger partial charge on any atom is 0.323 e. The predicted octanol–water partition coefficient (Wildman–Crippen LogP) is 3.04. The average Bonchev–Trinajstić information content (AvgIpc) is 2.35. The normalized spacial score (nSPS) is 15.4. The van der Waals surface area contributed by atoms with Crippen LogP contribution in [0.4, 0.5) is 0 Å². The monoisotopic (exact) mass is 299 g/mol. The van der Waals surface area contributed by atoms with E-state index in [1.807, 2.05) is 0 Å². The van der Waals surface area contributed by atoms with Crippen LogP contribution in [-0.2, 0) is 9.59 Å². The lowest BCUT2D eigenvalue weighted by molar-refractivity contribution is -0.142. The van der Waals surface area contributed by atoms with Crippen molar-refractivity contribution in [3.8, 4) is 0 Å². The van der Waals surface area contributed by atoms with E-state index in [0.29, 0.717) is 22.9 Å². The third kappa shape index (κ3) is 3.28. The van der Waals surface area contributed by atoms with Gasteiger partial charge in [0.05, 0.1) is 10.0 Å². The summed E-state index contributed by atoms with van der Waals surface area (Å²) >= 11 is 11.8. The number of hydrogen-bond donors (Lipinski definition) is 1. The highest BCUT2D eigenvalue weighted by Gasteiger charge is 2.21. The van der Waals surface area contributed by atoms with Crippen molar-refractivity contribution in [3.05, 3.63) is 40.0 Å². The van der Waals surface area contributed by atoms with Crippen LogP contribution in [0, 0.1) is 0 Å². The largest absolute Gasteiger partial charge is 0.480 e. The molecule has 1 aliphatic rings. The van der Waals surface area contributed by atoms with Crippen molar-refractivity contribution in [1.29, 1.82) is 0 Å². The molecular weight excluding hydrogens is 289 g/mol. The number of rotatable bonds is 3. The minimum absolute atomic E-state index is 0.189. The Balaban J connectivity index is 2.30. The molecule has 2 rings (SSSR count). The smallest absolute Gasteiger partial charge is 0.323 e. The Hall–Kier alpha value is -1.52. The highest BCUT2D eigenvalue weighted by molar-refractivity contribution is 6.42. The van der Waals surface area contributed by atoms with Gasteiger partial charge in [0.15, 0.2) is 0 Å². The van der Waals surface area contributed by atoms with E-state index in [1.54, 1.807) is 24.4 Å². The van der Waals surface area contributed by atoms with Crippen LogP contribution in [0.5, 0.6) is 0 Å². The molecule has 0 radical (unpaired) electrons. The third-order valence-electron chi connectivity index (χ3n) is 2.84. The van der Waals surface area contributed by atoms with Crippen LogP contribution in [0.1, 0.15) is 18.4 Å². The molecule has 4 nitrogen and oxygen atoms in total. The topological polar surface area (TPSA) is 57.6 Å². The summed E-state index contributed by atoms with van der Waals surface area (Å²) in [4.78, 5) is 23.5. The Morgan fingerprint density at radius 1 is 1.26 bits per heavy atom. The van der Waals surface area contributed by atoms with Gasteiger partial charge < -0.3 is 10.0 Å². The highest BCUT2D eigenvalue weighted by atomic mass is 35.5. The van der Waals surface area contributed by atoms with Crippen LogP contribution >= 0.6 is 23.2 Å². The zero-order valence-electron chi connectivity index (χ0n) is 9.90. The second-order valence-electron chi connectivity index (χ2n) is 4.20. The minimum atomic E-state index is -1.04. The zero-order chi connectivity index (χ0) is 14.0. The fourth-order valence-electron chi connectivity index (χ4n) is 1.90. The second kappa shape index (κ2) is 5.63. The Kier molecular flexibility index (Phi) is 4.12. The molecule has 0 bridgehead atoms. The van der Waals surface area contributed by atoms with Crippen LogP contribution < -0.4 is 0 Å². The van der Waals surface area contributed by atoms with E-state index in [0.717, 1.165) is 11.1 Å². The van der Waals surface area contributed by atoms with E-state index in [-0.39, 0.29) is 12.5 Å². The Morgan fingerprint density at radius 3 is 2.63 bits per heavy atom. The van der Waals surface area contributed by atoms with Gasteiger partial charge in [0.25, 0.3) is 0 Å². The molecule has 1 amide bonds. The number of allylic oxidation sites excluding steroid dienone is 1. The molecule has 19 heavy (non-hydrogen) atoms. The lowest BCUT2D eigenvalue weighted by Crippen LogP contribution is -2.33. The quantitative estimate of drug-likeness (QED) is 0.933. The van der Waals surface area contributed by atoms with Crippen molar-refractivity contribution in [2.45, 2.75) is 12.8 Å². The third-order valence-corrected chi connectivity index (χ3v) is 3.58. The number of benzene rings is 1.